The fraction of sp³-hybridized carbons (Fsp3) is 0.368. The fourth-order valence-corrected chi connectivity index (χ4v) is 10.4. The number of unbranched alkanes of at least 4 members (excludes halogenated alkanes) is 2. The first-order valence-corrected chi connectivity index (χ1v) is 19.5. The SMILES string of the molecule is CCCCC(C)c1ccc(-c2ccc(-c3ccc(-c4ccc(-c5sc(C(C)(C)CCCC)c6c5C(=S)N(C)C6=S)nc4)s3)s2)cn1. The van der Waals surface area contributed by atoms with Crippen molar-refractivity contribution in [3.05, 3.63) is 82.6 Å². The summed E-state index contributed by atoms with van der Waals surface area (Å²) in [4.78, 5) is 20.9. The van der Waals surface area contributed by atoms with Gasteiger partial charge in [0.25, 0.3) is 0 Å². The first-order valence-electron chi connectivity index (χ1n) is 16.3. The van der Waals surface area contributed by atoms with Crippen LogP contribution in [0.5, 0.6) is 0 Å². The number of aromatic nitrogens is 2. The summed E-state index contributed by atoms with van der Waals surface area (Å²) < 4.78 is 0. The van der Waals surface area contributed by atoms with Crippen molar-refractivity contribution in [3.8, 4) is 41.2 Å². The lowest BCUT2D eigenvalue weighted by molar-refractivity contribution is 0.465. The van der Waals surface area contributed by atoms with E-state index in [-0.39, 0.29) is 5.41 Å². The zero-order valence-corrected chi connectivity index (χ0v) is 31.6. The van der Waals surface area contributed by atoms with Gasteiger partial charge in [0.15, 0.2) is 0 Å². The van der Waals surface area contributed by atoms with Crippen LogP contribution in [0.1, 0.15) is 101 Å². The van der Waals surface area contributed by atoms with Crippen molar-refractivity contribution in [2.24, 2.45) is 0 Å². The molecule has 1 atom stereocenters. The third-order valence-electron chi connectivity index (χ3n) is 9.02. The summed E-state index contributed by atoms with van der Waals surface area (Å²) in [7, 11) is 1.99. The molecule has 1 aliphatic heterocycles. The van der Waals surface area contributed by atoms with Crippen LogP contribution in [0.25, 0.3) is 41.2 Å². The number of thiophene rings is 3. The molecule has 46 heavy (non-hydrogen) atoms. The number of nitrogens with zero attached hydrogens (tertiary/aromatic N) is 3. The lowest BCUT2D eigenvalue weighted by atomic mass is 9.83. The molecule has 3 nitrogen and oxygen atoms in total. The summed E-state index contributed by atoms with van der Waals surface area (Å²) in [6.45, 7) is 11.5. The Morgan fingerprint density at radius 1 is 0.739 bits per heavy atom. The summed E-state index contributed by atoms with van der Waals surface area (Å²) in [6, 6.07) is 17.7. The highest BCUT2D eigenvalue weighted by Crippen LogP contribution is 2.48. The van der Waals surface area contributed by atoms with E-state index in [2.05, 4.69) is 83.1 Å². The lowest BCUT2D eigenvalue weighted by Gasteiger charge is -2.25. The van der Waals surface area contributed by atoms with Gasteiger partial charge in [-0.25, -0.2) is 0 Å². The Kier molecular flexibility index (Phi) is 10.0. The molecule has 0 bridgehead atoms. The summed E-state index contributed by atoms with van der Waals surface area (Å²) in [5.41, 5.74) is 6.73. The van der Waals surface area contributed by atoms with E-state index in [0.29, 0.717) is 5.92 Å². The quantitative estimate of drug-likeness (QED) is 0.121. The van der Waals surface area contributed by atoms with Gasteiger partial charge in [-0.2, -0.15) is 0 Å². The first kappa shape index (κ1) is 33.3. The molecule has 0 aromatic carbocycles. The molecule has 6 rings (SSSR count). The molecule has 5 aromatic heterocycles. The average Bonchev–Trinajstić information content (AvgIpc) is 3.87. The Morgan fingerprint density at radius 2 is 1.33 bits per heavy atom. The number of hydrogen-bond donors (Lipinski definition) is 0. The largest absolute Gasteiger partial charge is 0.326 e. The topological polar surface area (TPSA) is 29.0 Å². The maximum atomic E-state index is 5.92. The average molecular weight is 700 g/mol. The molecule has 0 spiro atoms. The molecule has 1 aliphatic rings. The molecule has 8 heteroatoms. The minimum absolute atomic E-state index is 0.0234. The molecule has 0 radical (unpaired) electrons. The first-order chi connectivity index (χ1) is 22.1. The van der Waals surface area contributed by atoms with Gasteiger partial charge in [0.2, 0.25) is 0 Å². The van der Waals surface area contributed by atoms with Crippen LogP contribution in [0.2, 0.25) is 0 Å². The van der Waals surface area contributed by atoms with Gasteiger partial charge in [0.1, 0.15) is 9.98 Å². The Morgan fingerprint density at radius 3 is 1.89 bits per heavy atom. The zero-order valence-electron chi connectivity index (χ0n) is 27.5. The van der Waals surface area contributed by atoms with Crippen molar-refractivity contribution in [2.45, 2.75) is 84.5 Å². The molecule has 238 valence electrons. The maximum Gasteiger partial charge on any atom is 0.116 e. The zero-order chi connectivity index (χ0) is 32.6. The van der Waals surface area contributed by atoms with Gasteiger partial charge in [-0.15, -0.1) is 34.0 Å². The number of pyridine rings is 2. The van der Waals surface area contributed by atoms with Crippen LogP contribution in [-0.2, 0) is 5.41 Å². The molecule has 0 amide bonds. The number of thiocarbonyl (C=S) groups is 2. The third kappa shape index (κ3) is 6.44. The van der Waals surface area contributed by atoms with E-state index in [1.807, 2.05) is 58.4 Å². The lowest BCUT2D eigenvalue weighted by Crippen LogP contribution is -2.25. The van der Waals surface area contributed by atoms with Crippen molar-refractivity contribution >= 4 is 68.4 Å². The van der Waals surface area contributed by atoms with Crippen molar-refractivity contribution in [1.29, 1.82) is 0 Å². The van der Waals surface area contributed by atoms with E-state index in [0.717, 1.165) is 43.7 Å². The maximum absolute atomic E-state index is 5.92. The highest BCUT2D eigenvalue weighted by Gasteiger charge is 2.39. The molecule has 0 aliphatic carbocycles. The molecule has 6 heterocycles. The number of fused-ring (bicyclic) bond motifs is 1. The summed E-state index contributed by atoms with van der Waals surface area (Å²) in [5.74, 6) is 0.504. The predicted molar refractivity (Wildman–Crippen MR) is 209 cm³/mol. The second-order valence-corrected chi connectivity index (χ2v) is 16.9. The van der Waals surface area contributed by atoms with Crippen LogP contribution in [0.4, 0.5) is 0 Å². The van der Waals surface area contributed by atoms with Crippen molar-refractivity contribution < 1.29 is 0 Å². The van der Waals surface area contributed by atoms with Crippen molar-refractivity contribution in [1.82, 2.24) is 14.9 Å². The van der Waals surface area contributed by atoms with Crippen LogP contribution in [0.3, 0.4) is 0 Å². The summed E-state index contributed by atoms with van der Waals surface area (Å²) in [5, 5.41) is 0. The van der Waals surface area contributed by atoms with Gasteiger partial charge in [0.05, 0.1) is 10.6 Å². The monoisotopic (exact) mass is 699 g/mol. The van der Waals surface area contributed by atoms with E-state index in [9.17, 15) is 0 Å². The minimum Gasteiger partial charge on any atom is -0.326 e. The summed E-state index contributed by atoms with van der Waals surface area (Å²) >= 11 is 17.3. The van der Waals surface area contributed by atoms with E-state index in [4.69, 9.17) is 34.4 Å². The second-order valence-electron chi connectivity index (χ2n) is 12.9. The standard InChI is InChI=1S/C38H41N3S5/c1-7-9-11-23(3)26-14-12-24(21-39-26)28-16-18-30(44-28)31-19-17-29(45-31)25-13-15-27(40-22-25)34-32-33(37(43)41(6)36(32)42)35(46-34)38(4,5)20-10-8-2/h12-19,21-23H,7-11,20H2,1-6H3. The minimum atomic E-state index is 0.0234. The van der Waals surface area contributed by atoms with Crippen LogP contribution >= 0.6 is 58.4 Å². The smallest absolute Gasteiger partial charge is 0.116 e. The van der Waals surface area contributed by atoms with Crippen LogP contribution in [-0.4, -0.2) is 31.9 Å². The molecule has 5 aromatic rings. The number of rotatable bonds is 12. The fourth-order valence-electron chi connectivity index (χ4n) is 6.08. The van der Waals surface area contributed by atoms with Gasteiger partial charge in [-0.05, 0) is 66.6 Å². The van der Waals surface area contributed by atoms with Gasteiger partial charge < -0.3 is 4.90 Å². The Bertz CT molecular complexity index is 1860. The normalized spacial score (nSPS) is 13.9. The predicted octanol–water partition coefficient (Wildman–Crippen LogP) is 12.4. The second kappa shape index (κ2) is 13.9. The van der Waals surface area contributed by atoms with Crippen LogP contribution in [0, 0.1) is 0 Å². The molecule has 0 saturated carbocycles. The van der Waals surface area contributed by atoms with E-state index >= 15 is 0 Å². The molecule has 0 N–H and O–H groups in total. The van der Waals surface area contributed by atoms with E-state index in [1.54, 1.807) is 0 Å². The molecular formula is C38H41N3S5. The van der Waals surface area contributed by atoms with Crippen molar-refractivity contribution in [2.75, 3.05) is 7.05 Å². The Labute approximate surface area is 296 Å². The highest BCUT2D eigenvalue weighted by atomic mass is 32.1. The molecule has 0 fully saturated rings. The van der Waals surface area contributed by atoms with Crippen LogP contribution in [0.15, 0.2) is 60.9 Å². The van der Waals surface area contributed by atoms with Gasteiger partial charge in [0, 0.05) is 71.8 Å². The molecule has 0 saturated heterocycles. The number of hydrogen-bond acceptors (Lipinski definition) is 7. The Balaban J connectivity index is 1.22. The molecular weight excluding hydrogens is 659 g/mol. The highest BCUT2D eigenvalue weighted by molar-refractivity contribution is 7.83. The van der Waals surface area contributed by atoms with E-state index < -0.39 is 0 Å². The van der Waals surface area contributed by atoms with Gasteiger partial charge >= 0.3 is 0 Å². The van der Waals surface area contributed by atoms with Gasteiger partial charge in [-0.3, -0.25) is 9.97 Å². The van der Waals surface area contributed by atoms with Crippen molar-refractivity contribution in [3.63, 3.8) is 0 Å². The van der Waals surface area contributed by atoms with Gasteiger partial charge in [-0.1, -0.05) is 90.8 Å². The Hall–Kier alpha value is -2.62. The van der Waals surface area contributed by atoms with Crippen LogP contribution < -0.4 is 0 Å². The third-order valence-corrected chi connectivity index (χ3v) is 14.0. The molecule has 1 unspecified atom stereocenters. The summed E-state index contributed by atoms with van der Waals surface area (Å²) in [6.07, 6.45) is 11.2. The van der Waals surface area contributed by atoms with E-state index in [1.165, 1.54) is 67.7 Å².